The predicted octanol–water partition coefficient (Wildman–Crippen LogP) is 4.92. The summed E-state index contributed by atoms with van der Waals surface area (Å²) in [7, 11) is 4.15. The summed E-state index contributed by atoms with van der Waals surface area (Å²) in [6.07, 6.45) is 1.49. The van der Waals surface area contributed by atoms with E-state index in [1.54, 1.807) is 11.0 Å². The first-order valence-corrected chi connectivity index (χ1v) is 14.3. The van der Waals surface area contributed by atoms with Gasteiger partial charge in [-0.3, -0.25) is 0 Å². The Bertz CT molecular complexity index is 1470. The normalized spacial score (nSPS) is 17.8. The molecule has 0 aliphatic carbocycles. The van der Waals surface area contributed by atoms with Crippen LogP contribution in [0.15, 0.2) is 30.5 Å². The molecule has 1 atom stereocenters. The number of nitrogens with zero attached hydrogens (tertiary/aromatic N) is 7. The Balaban J connectivity index is 1.35. The van der Waals surface area contributed by atoms with Gasteiger partial charge in [-0.1, -0.05) is 6.07 Å². The topological polar surface area (TPSA) is 81.4 Å². The summed E-state index contributed by atoms with van der Waals surface area (Å²) in [6, 6.07) is 8.60. The number of nitriles is 1. The van der Waals surface area contributed by atoms with Crippen molar-refractivity contribution in [3.8, 4) is 23.1 Å². The Kier molecular flexibility index (Phi) is 8.94. The Labute approximate surface area is 244 Å². The number of hydrogen-bond donors (Lipinski definition) is 0. The zero-order valence-corrected chi connectivity index (χ0v) is 24.4. The third-order valence-electron chi connectivity index (χ3n) is 7.93. The van der Waals surface area contributed by atoms with Crippen molar-refractivity contribution in [2.24, 2.45) is 0 Å². The summed E-state index contributed by atoms with van der Waals surface area (Å²) >= 11 is 0. The van der Waals surface area contributed by atoms with Crippen molar-refractivity contribution < 1.29 is 17.9 Å². The third-order valence-corrected chi connectivity index (χ3v) is 7.93. The van der Waals surface area contributed by atoms with Gasteiger partial charge in [0.1, 0.15) is 23.3 Å². The largest absolute Gasteiger partial charge is 0.453 e. The summed E-state index contributed by atoms with van der Waals surface area (Å²) in [5, 5.41) is 9.88. The number of pyridine rings is 1. The summed E-state index contributed by atoms with van der Waals surface area (Å²) in [5.74, 6) is -1.16. The molecule has 0 amide bonds. The van der Waals surface area contributed by atoms with Crippen molar-refractivity contribution in [3.05, 3.63) is 64.9 Å². The predicted molar refractivity (Wildman–Crippen MR) is 154 cm³/mol. The van der Waals surface area contributed by atoms with Crippen molar-refractivity contribution in [2.75, 3.05) is 51.7 Å². The fourth-order valence-corrected chi connectivity index (χ4v) is 5.64. The van der Waals surface area contributed by atoms with Crippen molar-refractivity contribution in [1.29, 1.82) is 5.26 Å². The van der Waals surface area contributed by atoms with Crippen LogP contribution in [0.1, 0.15) is 55.4 Å². The second-order valence-corrected chi connectivity index (χ2v) is 11.5. The molecule has 0 N–H and O–H groups in total. The first kappa shape index (κ1) is 29.7. The van der Waals surface area contributed by atoms with Crippen LogP contribution in [-0.2, 0) is 6.42 Å². The number of hydrogen-bond acceptors (Lipinski definition) is 8. The summed E-state index contributed by atoms with van der Waals surface area (Å²) in [4.78, 5) is 19.4. The van der Waals surface area contributed by atoms with Gasteiger partial charge in [0.2, 0.25) is 0 Å². The van der Waals surface area contributed by atoms with Gasteiger partial charge in [-0.05, 0) is 83.6 Å². The molecule has 4 heterocycles. The number of fused-ring (bicyclic) bond motifs is 1. The van der Waals surface area contributed by atoms with Gasteiger partial charge < -0.3 is 19.4 Å². The first-order valence-electron chi connectivity index (χ1n) is 14.3. The van der Waals surface area contributed by atoms with Crippen LogP contribution >= 0.6 is 0 Å². The molecule has 42 heavy (non-hydrogen) atoms. The molecule has 0 radical (unpaired) electrons. The highest BCUT2D eigenvalue weighted by Gasteiger charge is 2.31. The molecule has 1 fully saturated rings. The van der Waals surface area contributed by atoms with Gasteiger partial charge in [-0.15, -0.1) is 0 Å². The Morgan fingerprint density at radius 2 is 1.88 bits per heavy atom. The number of ether oxygens (including phenoxy) is 1. The Morgan fingerprint density at radius 1 is 1.12 bits per heavy atom. The van der Waals surface area contributed by atoms with Gasteiger partial charge in [0.25, 0.3) is 6.36 Å². The van der Waals surface area contributed by atoms with E-state index in [2.05, 4.69) is 44.9 Å². The van der Waals surface area contributed by atoms with Crippen molar-refractivity contribution in [2.45, 2.75) is 51.4 Å². The SMILES string of the molecule is CC(C)N1CC(F)Oc2c(F)cc(-c3nc(Cc4ccc(C5CCN(CCN(C)C)CC5)c(C#N)n4)ncc3F)cc21. The van der Waals surface area contributed by atoms with E-state index in [9.17, 15) is 14.0 Å². The number of rotatable bonds is 8. The Morgan fingerprint density at radius 3 is 2.57 bits per heavy atom. The summed E-state index contributed by atoms with van der Waals surface area (Å²) < 4.78 is 49.2. The molecular formula is C31H36F3N7O. The van der Waals surface area contributed by atoms with Crippen LogP contribution in [0.4, 0.5) is 18.9 Å². The standard InChI is InChI=1S/C31H36F3N7O/c1-19(2)41-18-28(34)42-31-24(32)13-21(14-27(31)41)30-25(33)17-36-29(38-30)15-22-5-6-23(26(16-35)37-22)20-7-9-40(10-8-20)12-11-39(3)4/h5-6,13-14,17,19-20,28H,7-12,15,18H2,1-4H3. The van der Waals surface area contributed by atoms with Gasteiger partial charge in [0, 0.05) is 30.4 Å². The van der Waals surface area contributed by atoms with Crippen LogP contribution in [0.25, 0.3) is 11.3 Å². The van der Waals surface area contributed by atoms with Crippen LogP contribution in [0.5, 0.6) is 5.75 Å². The molecule has 0 spiro atoms. The van der Waals surface area contributed by atoms with Gasteiger partial charge in [-0.25, -0.2) is 23.7 Å². The van der Waals surface area contributed by atoms with E-state index >= 15 is 4.39 Å². The number of aromatic nitrogens is 3. The molecule has 1 unspecified atom stereocenters. The monoisotopic (exact) mass is 579 g/mol. The maximum Gasteiger partial charge on any atom is 0.256 e. The highest BCUT2D eigenvalue weighted by atomic mass is 19.1. The van der Waals surface area contributed by atoms with Crippen LogP contribution < -0.4 is 9.64 Å². The molecule has 1 aromatic carbocycles. The number of likely N-dealkylation sites (N-methyl/N-ethyl adjacent to an activating group) is 1. The summed E-state index contributed by atoms with van der Waals surface area (Å²) in [5.41, 5.74) is 2.38. The van der Waals surface area contributed by atoms with E-state index in [-0.39, 0.29) is 47.8 Å². The van der Waals surface area contributed by atoms with Crippen LogP contribution in [0.2, 0.25) is 0 Å². The van der Waals surface area contributed by atoms with Gasteiger partial charge in [-0.2, -0.15) is 9.65 Å². The molecule has 8 nitrogen and oxygen atoms in total. The highest BCUT2D eigenvalue weighted by molar-refractivity contribution is 5.72. The van der Waals surface area contributed by atoms with Crippen molar-refractivity contribution in [1.82, 2.24) is 24.8 Å². The smallest absolute Gasteiger partial charge is 0.256 e. The Hall–Kier alpha value is -3.75. The highest BCUT2D eigenvalue weighted by Crippen LogP contribution is 2.41. The number of anilines is 1. The lowest BCUT2D eigenvalue weighted by atomic mass is 9.88. The molecule has 2 aliphatic rings. The zero-order chi connectivity index (χ0) is 30.0. The molecule has 2 aromatic heterocycles. The zero-order valence-electron chi connectivity index (χ0n) is 24.4. The molecule has 1 saturated heterocycles. The fourth-order valence-electron chi connectivity index (χ4n) is 5.64. The van der Waals surface area contributed by atoms with Gasteiger partial charge in [0.05, 0.1) is 24.8 Å². The van der Waals surface area contributed by atoms with E-state index in [0.717, 1.165) is 56.8 Å². The van der Waals surface area contributed by atoms with E-state index in [0.29, 0.717) is 17.1 Å². The van der Waals surface area contributed by atoms with E-state index in [4.69, 9.17) is 4.74 Å². The molecule has 5 rings (SSSR count). The lowest BCUT2D eigenvalue weighted by molar-refractivity contribution is 0.0591. The van der Waals surface area contributed by atoms with Crippen LogP contribution in [-0.4, -0.2) is 84.0 Å². The minimum atomic E-state index is -1.67. The molecule has 2 aliphatic heterocycles. The minimum Gasteiger partial charge on any atom is -0.453 e. The maximum absolute atomic E-state index is 15.0. The lowest BCUT2D eigenvalue weighted by Crippen LogP contribution is -2.42. The fraction of sp³-hybridized carbons (Fsp3) is 0.484. The molecule has 11 heteroatoms. The first-order chi connectivity index (χ1) is 20.1. The number of benzene rings is 1. The molecule has 0 saturated carbocycles. The third kappa shape index (κ3) is 6.50. The van der Waals surface area contributed by atoms with Gasteiger partial charge >= 0.3 is 0 Å². The second kappa shape index (κ2) is 12.6. The average molecular weight is 580 g/mol. The van der Waals surface area contributed by atoms with E-state index < -0.39 is 18.0 Å². The van der Waals surface area contributed by atoms with Crippen LogP contribution in [0.3, 0.4) is 0 Å². The number of piperidine rings is 1. The van der Waals surface area contributed by atoms with Crippen molar-refractivity contribution in [3.63, 3.8) is 0 Å². The molecule has 222 valence electrons. The van der Waals surface area contributed by atoms with Crippen LogP contribution in [0, 0.1) is 23.0 Å². The van der Waals surface area contributed by atoms with Gasteiger partial charge in [0.15, 0.2) is 17.4 Å². The van der Waals surface area contributed by atoms with E-state index in [1.165, 1.54) is 0 Å². The minimum absolute atomic E-state index is 0.0659. The molecule has 3 aromatic rings. The molecule has 0 bridgehead atoms. The maximum atomic E-state index is 15.0. The summed E-state index contributed by atoms with van der Waals surface area (Å²) in [6.45, 7) is 7.67. The van der Waals surface area contributed by atoms with Crippen molar-refractivity contribution >= 4 is 5.69 Å². The lowest BCUT2D eigenvalue weighted by Gasteiger charge is -2.36. The molecular weight excluding hydrogens is 543 g/mol. The van der Waals surface area contributed by atoms with E-state index in [1.807, 2.05) is 26.0 Å². The second-order valence-electron chi connectivity index (χ2n) is 11.5. The number of alkyl halides is 1. The number of likely N-dealkylation sites (tertiary alicyclic amines) is 1. The quantitative estimate of drug-likeness (QED) is 0.372. The average Bonchev–Trinajstić information content (AvgIpc) is 2.97. The number of halogens is 3.